The number of non-ortho nitro benzene ring substituents is 1. The quantitative estimate of drug-likeness (QED) is 0.672. The Morgan fingerprint density at radius 2 is 2.10 bits per heavy atom. The molecule has 1 aromatic carbocycles. The summed E-state index contributed by atoms with van der Waals surface area (Å²) >= 11 is 0. The van der Waals surface area contributed by atoms with Crippen LogP contribution in [0.1, 0.15) is 18.5 Å². The van der Waals surface area contributed by atoms with E-state index in [2.05, 4.69) is 5.10 Å². The van der Waals surface area contributed by atoms with Gasteiger partial charge in [0.1, 0.15) is 0 Å². The van der Waals surface area contributed by atoms with Crippen LogP contribution in [-0.4, -0.2) is 14.7 Å². The summed E-state index contributed by atoms with van der Waals surface area (Å²) in [7, 11) is 1.52. The first kappa shape index (κ1) is 13.9. The van der Waals surface area contributed by atoms with Crippen molar-refractivity contribution in [1.29, 1.82) is 0 Å². The summed E-state index contributed by atoms with van der Waals surface area (Å²) in [6.45, 7) is 1.70. The molecule has 2 aromatic rings. The highest BCUT2D eigenvalue weighted by atomic mass is 16.6. The predicted octanol–water partition coefficient (Wildman–Crippen LogP) is 1.38. The van der Waals surface area contributed by atoms with Gasteiger partial charge in [0.05, 0.1) is 10.6 Å². The maximum Gasteiger partial charge on any atom is 0.271 e. The molecule has 7 heteroatoms. The van der Waals surface area contributed by atoms with Crippen molar-refractivity contribution in [3.63, 3.8) is 0 Å². The van der Waals surface area contributed by atoms with E-state index in [4.69, 9.17) is 5.73 Å². The van der Waals surface area contributed by atoms with Crippen molar-refractivity contribution in [1.82, 2.24) is 9.78 Å². The maximum absolute atomic E-state index is 11.9. The minimum absolute atomic E-state index is 0.0273. The SMILES string of the molecule is CC(N)c1cc(-c2cccc([N+](=O)[O-])c2)nn(C)c1=O. The zero-order chi connectivity index (χ0) is 14.9. The Hall–Kier alpha value is -2.54. The fraction of sp³-hybridized carbons (Fsp3) is 0.231. The van der Waals surface area contributed by atoms with E-state index in [1.807, 2.05) is 0 Å². The molecule has 104 valence electrons. The van der Waals surface area contributed by atoms with Gasteiger partial charge < -0.3 is 5.73 Å². The van der Waals surface area contributed by atoms with E-state index in [0.717, 1.165) is 0 Å². The number of hydrogen-bond acceptors (Lipinski definition) is 5. The number of aryl methyl sites for hydroxylation is 1. The molecule has 1 heterocycles. The van der Waals surface area contributed by atoms with Gasteiger partial charge in [-0.1, -0.05) is 12.1 Å². The summed E-state index contributed by atoms with van der Waals surface area (Å²) in [5, 5.41) is 14.9. The van der Waals surface area contributed by atoms with Crippen molar-refractivity contribution >= 4 is 5.69 Å². The molecular formula is C13H14N4O3. The minimum Gasteiger partial charge on any atom is -0.324 e. The molecule has 0 aliphatic heterocycles. The van der Waals surface area contributed by atoms with Gasteiger partial charge in [0.2, 0.25) is 0 Å². The van der Waals surface area contributed by atoms with Crippen molar-refractivity contribution in [2.45, 2.75) is 13.0 Å². The zero-order valence-electron chi connectivity index (χ0n) is 11.1. The number of nitrogens with two attached hydrogens (primary N) is 1. The van der Waals surface area contributed by atoms with Crippen LogP contribution in [0.15, 0.2) is 35.1 Å². The van der Waals surface area contributed by atoms with Crippen molar-refractivity contribution in [3.05, 3.63) is 56.4 Å². The van der Waals surface area contributed by atoms with Crippen LogP contribution in [0.5, 0.6) is 0 Å². The van der Waals surface area contributed by atoms with Crippen LogP contribution in [0.25, 0.3) is 11.3 Å². The molecule has 1 atom stereocenters. The second-order valence-electron chi connectivity index (χ2n) is 4.51. The monoisotopic (exact) mass is 274 g/mol. The standard InChI is InChI=1S/C13H14N4O3/c1-8(14)11-7-12(15-16(2)13(11)18)9-4-3-5-10(6-9)17(19)20/h3-8H,14H2,1-2H3. The van der Waals surface area contributed by atoms with Gasteiger partial charge in [-0.2, -0.15) is 5.10 Å². The Balaban J connectivity index is 2.61. The van der Waals surface area contributed by atoms with Crippen molar-refractivity contribution in [3.8, 4) is 11.3 Å². The van der Waals surface area contributed by atoms with Gasteiger partial charge in [0.25, 0.3) is 11.2 Å². The van der Waals surface area contributed by atoms with Crippen molar-refractivity contribution in [2.75, 3.05) is 0 Å². The minimum atomic E-state index is -0.474. The molecule has 0 bridgehead atoms. The molecular weight excluding hydrogens is 260 g/mol. The van der Waals surface area contributed by atoms with E-state index >= 15 is 0 Å². The molecule has 2 rings (SSSR count). The van der Waals surface area contributed by atoms with Gasteiger partial charge >= 0.3 is 0 Å². The van der Waals surface area contributed by atoms with Crippen molar-refractivity contribution in [2.24, 2.45) is 12.8 Å². The molecule has 0 saturated carbocycles. The van der Waals surface area contributed by atoms with Crippen LogP contribution in [0.3, 0.4) is 0 Å². The molecule has 0 aliphatic rings. The smallest absolute Gasteiger partial charge is 0.271 e. The summed E-state index contributed by atoms with van der Waals surface area (Å²) in [6.07, 6.45) is 0. The van der Waals surface area contributed by atoms with Crippen LogP contribution in [0.4, 0.5) is 5.69 Å². The molecule has 0 amide bonds. The predicted molar refractivity (Wildman–Crippen MR) is 74.2 cm³/mol. The Morgan fingerprint density at radius 3 is 2.70 bits per heavy atom. The summed E-state index contributed by atoms with van der Waals surface area (Å²) in [4.78, 5) is 22.2. The number of rotatable bonds is 3. The second kappa shape index (κ2) is 5.22. The first-order chi connectivity index (χ1) is 9.40. The normalized spacial score (nSPS) is 12.2. The van der Waals surface area contributed by atoms with Crippen LogP contribution >= 0.6 is 0 Å². The maximum atomic E-state index is 11.9. The first-order valence-electron chi connectivity index (χ1n) is 5.99. The van der Waals surface area contributed by atoms with Crippen molar-refractivity contribution < 1.29 is 4.92 Å². The molecule has 0 fully saturated rings. The topological polar surface area (TPSA) is 104 Å². The molecule has 0 aliphatic carbocycles. The molecule has 0 saturated heterocycles. The lowest BCUT2D eigenvalue weighted by Crippen LogP contribution is -2.27. The second-order valence-corrected chi connectivity index (χ2v) is 4.51. The van der Waals surface area contributed by atoms with E-state index in [1.165, 1.54) is 23.9 Å². The number of aromatic nitrogens is 2. The Morgan fingerprint density at radius 1 is 1.40 bits per heavy atom. The highest BCUT2D eigenvalue weighted by Gasteiger charge is 2.13. The number of nitro groups is 1. The molecule has 1 aromatic heterocycles. The van der Waals surface area contributed by atoms with Crippen LogP contribution < -0.4 is 11.3 Å². The third kappa shape index (κ3) is 2.57. The van der Waals surface area contributed by atoms with Gasteiger partial charge in [-0.25, -0.2) is 4.68 Å². The molecule has 0 spiro atoms. The summed E-state index contributed by atoms with van der Waals surface area (Å²) in [6, 6.07) is 7.23. The van der Waals surface area contributed by atoms with E-state index in [9.17, 15) is 14.9 Å². The highest BCUT2D eigenvalue weighted by molar-refractivity contribution is 5.62. The van der Waals surface area contributed by atoms with E-state index in [0.29, 0.717) is 16.8 Å². The van der Waals surface area contributed by atoms with Gasteiger partial charge in [-0.05, 0) is 13.0 Å². The third-order valence-corrected chi connectivity index (χ3v) is 2.93. The summed E-state index contributed by atoms with van der Waals surface area (Å²) < 4.78 is 1.19. The van der Waals surface area contributed by atoms with Gasteiger partial charge in [-0.15, -0.1) is 0 Å². The average molecular weight is 274 g/mol. The van der Waals surface area contributed by atoms with Gasteiger partial charge in [0.15, 0.2) is 0 Å². The van der Waals surface area contributed by atoms with Gasteiger partial charge in [0, 0.05) is 36.3 Å². The van der Waals surface area contributed by atoms with E-state index in [1.54, 1.807) is 25.1 Å². The lowest BCUT2D eigenvalue weighted by molar-refractivity contribution is -0.384. The average Bonchev–Trinajstić information content (AvgIpc) is 2.41. The molecule has 20 heavy (non-hydrogen) atoms. The largest absolute Gasteiger partial charge is 0.324 e. The zero-order valence-corrected chi connectivity index (χ0v) is 11.1. The fourth-order valence-electron chi connectivity index (χ4n) is 1.88. The summed E-state index contributed by atoms with van der Waals surface area (Å²) in [5.41, 5.74) is 6.92. The van der Waals surface area contributed by atoms with Crippen LogP contribution in [0.2, 0.25) is 0 Å². The van der Waals surface area contributed by atoms with E-state index < -0.39 is 11.0 Å². The fourth-order valence-corrected chi connectivity index (χ4v) is 1.88. The number of benzene rings is 1. The Kier molecular flexibility index (Phi) is 3.62. The Labute approximate surface area is 114 Å². The number of hydrogen-bond donors (Lipinski definition) is 1. The first-order valence-corrected chi connectivity index (χ1v) is 5.99. The highest BCUT2D eigenvalue weighted by Crippen LogP contribution is 2.22. The lowest BCUT2D eigenvalue weighted by atomic mass is 10.1. The van der Waals surface area contributed by atoms with Crippen LogP contribution in [-0.2, 0) is 7.05 Å². The molecule has 7 nitrogen and oxygen atoms in total. The molecule has 1 unspecified atom stereocenters. The van der Waals surface area contributed by atoms with Crippen LogP contribution in [0, 0.1) is 10.1 Å². The summed E-state index contributed by atoms with van der Waals surface area (Å²) in [5.74, 6) is 0. The Bertz CT molecular complexity index is 722. The molecule has 0 radical (unpaired) electrons. The molecule has 2 N–H and O–H groups in total. The number of nitrogens with zero attached hydrogens (tertiary/aromatic N) is 3. The van der Waals surface area contributed by atoms with Gasteiger partial charge in [-0.3, -0.25) is 14.9 Å². The van der Waals surface area contributed by atoms with E-state index in [-0.39, 0.29) is 11.2 Å². The lowest BCUT2D eigenvalue weighted by Gasteiger charge is -2.09. The third-order valence-electron chi connectivity index (χ3n) is 2.93. The number of nitro benzene ring substituents is 1.